The van der Waals surface area contributed by atoms with Crippen LogP contribution in [0.25, 0.3) is 0 Å². The number of carbonyl (C=O) groups is 1. The van der Waals surface area contributed by atoms with Gasteiger partial charge in [0.05, 0.1) is 6.61 Å². The smallest absolute Gasteiger partial charge is 0.407 e. The lowest BCUT2D eigenvalue weighted by Gasteiger charge is -2.26. The number of rotatable bonds is 5. The minimum atomic E-state index is -0.345. The molecule has 0 aromatic heterocycles. The van der Waals surface area contributed by atoms with Gasteiger partial charge in [0, 0.05) is 18.6 Å². The third kappa shape index (κ3) is 2.63. The summed E-state index contributed by atoms with van der Waals surface area (Å²) in [4.78, 5) is 11.6. The Morgan fingerprint density at radius 2 is 2.24 bits per heavy atom. The van der Waals surface area contributed by atoms with E-state index in [0.717, 1.165) is 19.3 Å². The van der Waals surface area contributed by atoms with Crippen molar-refractivity contribution in [1.82, 2.24) is 5.32 Å². The summed E-state index contributed by atoms with van der Waals surface area (Å²) in [6.45, 7) is 2.66. The number of unbranched alkanes of at least 4 members (excludes halogenated alkanes) is 1. The second-order valence-corrected chi connectivity index (χ2v) is 4.95. The predicted molar refractivity (Wildman–Crippen MR) is 64.5 cm³/mol. The van der Waals surface area contributed by atoms with Gasteiger partial charge in [0.1, 0.15) is 0 Å². The van der Waals surface area contributed by atoms with E-state index in [0.29, 0.717) is 18.4 Å². The molecule has 2 rings (SSSR count). The van der Waals surface area contributed by atoms with Gasteiger partial charge in [-0.25, -0.2) is 4.79 Å². The van der Waals surface area contributed by atoms with E-state index in [9.17, 15) is 9.90 Å². The number of carbonyl (C=O) groups excluding carboxylic acids is 1. The zero-order chi connectivity index (χ0) is 12.3. The van der Waals surface area contributed by atoms with Crippen LogP contribution in [-0.2, 0) is 4.74 Å². The van der Waals surface area contributed by atoms with Crippen molar-refractivity contribution in [2.45, 2.75) is 32.2 Å². The molecular weight excluding hydrogens is 218 g/mol. The van der Waals surface area contributed by atoms with Crippen LogP contribution in [-0.4, -0.2) is 30.5 Å². The first-order valence-electron chi connectivity index (χ1n) is 6.48. The van der Waals surface area contributed by atoms with E-state index in [1.165, 1.54) is 0 Å². The van der Waals surface area contributed by atoms with E-state index < -0.39 is 0 Å². The van der Waals surface area contributed by atoms with Crippen LogP contribution in [0, 0.1) is 17.8 Å². The Balaban J connectivity index is 1.82. The van der Waals surface area contributed by atoms with Crippen LogP contribution in [0.1, 0.15) is 26.2 Å². The Morgan fingerprint density at radius 1 is 1.47 bits per heavy atom. The van der Waals surface area contributed by atoms with Gasteiger partial charge in [-0.3, -0.25) is 0 Å². The molecule has 4 nitrogen and oxygen atoms in total. The van der Waals surface area contributed by atoms with Crippen molar-refractivity contribution >= 4 is 6.09 Å². The van der Waals surface area contributed by atoms with Gasteiger partial charge in [0.2, 0.25) is 0 Å². The third-order valence-corrected chi connectivity index (χ3v) is 3.85. The standard InChI is InChI=1S/C13H21NO3/c1-2-3-6-17-13(16)14-12-10-5-4-9(7-10)11(12)8-15/h4-5,9-12,15H,2-3,6-8H2,1H3,(H,14,16)/t9?,10?,11-,12+/m0/s1. The Labute approximate surface area is 102 Å². The average Bonchev–Trinajstić information content (AvgIpc) is 2.90. The van der Waals surface area contributed by atoms with E-state index >= 15 is 0 Å². The van der Waals surface area contributed by atoms with Crippen molar-refractivity contribution in [3.8, 4) is 0 Å². The van der Waals surface area contributed by atoms with E-state index in [1.807, 2.05) is 0 Å². The molecule has 0 aromatic carbocycles. The maximum Gasteiger partial charge on any atom is 0.407 e. The maximum absolute atomic E-state index is 11.6. The third-order valence-electron chi connectivity index (χ3n) is 3.85. The van der Waals surface area contributed by atoms with E-state index in [2.05, 4.69) is 24.4 Å². The Hall–Kier alpha value is -1.03. The normalized spacial score (nSPS) is 34.0. The zero-order valence-electron chi connectivity index (χ0n) is 10.3. The molecule has 1 fully saturated rings. The largest absolute Gasteiger partial charge is 0.450 e. The highest BCUT2D eigenvalue weighted by molar-refractivity contribution is 5.67. The molecule has 0 heterocycles. The van der Waals surface area contributed by atoms with Gasteiger partial charge in [-0.2, -0.15) is 0 Å². The molecule has 17 heavy (non-hydrogen) atoms. The van der Waals surface area contributed by atoms with Crippen molar-refractivity contribution in [2.75, 3.05) is 13.2 Å². The lowest BCUT2D eigenvalue weighted by Crippen LogP contribution is -2.44. The van der Waals surface area contributed by atoms with Crippen LogP contribution in [0.5, 0.6) is 0 Å². The second kappa shape index (κ2) is 5.54. The molecule has 1 saturated carbocycles. The number of alkyl carbamates (subject to hydrolysis) is 1. The number of nitrogens with one attached hydrogen (secondary N) is 1. The lowest BCUT2D eigenvalue weighted by molar-refractivity contribution is 0.126. The number of ether oxygens (including phenoxy) is 1. The fourth-order valence-electron chi connectivity index (χ4n) is 2.87. The van der Waals surface area contributed by atoms with Gasteiger partial charge >= 0.3 is 6.09 Å². The molecule has 2 N–H and O–H groups in total. The summed E-state index contributed by atoms with van der Waals surface area (Å²) >= 11 is 0. The summed E-state index contributed by atoms with van der Waals surface area (Å²) < 4.78 is 5.09. The second-order valence-electron chi connectivity index (χ2n) is 4.95. The van der Waals surface area contributed by atoms with Crippen LogP contribution in [0.15, 0.2) is 12.2 Å². The molecule has 4 heteroatoms. The van der Waals surface area contributed by atoms with Crippen LogP contribution >= 0.6 is 0 Å². The first kappa shape index (κ1) is 12.4. The van der Waals surface area contributed by atoms with Crippen LogP contribution < -0.4 is 5.32 Å². The van der Waals surface area contributed by atoms with Crippen molar-refractivity contribution in [3.05, 3.63) is 12.2 Å². The molecule has 0 aromatic rings. The summed E-state index contributed by atoms with van der Waals surface area (Å²) in [5.74, 6) is 0.950. The fraction of sp³-hybridized carbons (Fsp3) is 0.769. The van der Waals surface area contributed by atoms with Crippen LogP contribution in [0.2, 0.25) is 0 Å². The molecular formula is C13H21NO3. The molecule has 0 spiro atoms. The molecule has 2 bridgehead atoms. The zero-order valence-corrected chi connectivity index (χ0v) is 10.3. The first-order valence-corrected chi connectivity index (χ1v) is 6.48. The number of fused-ring (bicyclic) bond motifs is 2. The SMILES string of the molecule is CCCCOC(=O)N[C@@H]1C2C=CC(C2)[C@@H]1CO. The van der Waals surface area contributed by atoms with Gasteiger partial charge in [0.15, 0.2) is 0 Å². The monoisotopic (exact) mass is 239 g/mol. The summed E-state index contributed by atoms with van der Waals surface area (Å²) in [5, 5.41) is 12.3. The molecule has 2 aliphatic carbocycles. The predicted octanol–water partition coefficient (Wildman–Crippen LogP) is 1.70. The van der Waals surface area contributed by atoms with Gasteiger partial charge in [-0.05, 0) is 24.7 Å². The van der Waals surface area contributed by atoms with Crippen molar-refractivity contribution in [3.63, 3.8) is 0 Å². The van der Waals surface area contributed by atoms with Gasteiger partial charge in [0.25, 0.3) is 0 Å². The number of hydrogen-bond donors (Lipinski definition) is 2. The lowest BCUT2D eigenvalue weighted by atomic mass is 9.90. The highest BCUT2D eigenvalue weighted by Gasteiger charge is 2.44. The highest BCUT2D eigenvalue weighted by atomic mass is 16.5. The van der Waals surface area contributed by atoms with Crippen LogP contribution in [0.4, 0.5) is 4.79 Å². The van der Waals surface area contributed by atoms with Crippen molar-refractivity contribution < 1.29 is 14.6 Å². The highest BCUT2D eigenvalue weighted by Crippen LogP contribution is 2.43. The quantitative estimate of drug-likeness (QED) is 0.567. The maximum atomic E-state index is 11.6. The summed E-state index contributed by atoms with van der Waals surface area (Å²) in [7, 11) is 0. The fourth-order valence-corrected chi connectivity index (χ4v) is 2.87. The van der Waals surface area contributed by atoms with E-state index in [-0.39, 0.29) is 24.7 Å². The molecule has 2 aliphatic rings. The molecule has 4 atom stereocenters. The first-order chi connectivity index (χ1) is 8.26. The molecule has 0 radical (unpaired) electrons. The van der Waals surface area contributed by atoms with Gasteiger partial charge in [-0.15, -0.1) is 0 Å². The summed E-state index contributed by atoms with van der Waals surface area (Å²) in [5.41, 5.74) is 0. The van der Waals surface area contributed by atoms with Crippen molar-refractivity contribution in [2.24, 2.45) is 17.8 Å². The molecule has 2 unspecified atom stereocenters. The van der Waals surface area contributed by atoms with Crippen LogP contribution in [0.3, 0.4) is 0 Å². The molecule has 0 saturated heterocycles. The summed E-state index contributed by atoms with van der Waals surface area (Å²) in [6, 6.07) is 0.0455. The summed E-state index contributed by atoms with van der Waals surface area (Å²) in [6.07, 6.45) is 6.92. The number of amides is 1. The average molecular weight is 239 g/mol. The topological polar surface area (TPSA) is 58.6 Å². The molecule has 96 valence electrons. The Kier molecular flexibility index (Phi) is 4.05. The van der Waals surface area contributed by atoms with E-state index in [4.69, 9.17) is 4.74 Å². The number of aliphatic hydroxyl groups is 1. The number of aliphatic hydroxyl groups excluding tert-OH is 1. The Bertz CT molecular complexity index is 303. The van der Waals surface area contributed by atoms with E-state index in [1.54, 1.807) is 0 Å². The number of allylic oxidation sites excluding steroid dienone is 1. The minimum absolute atomic E-state index is 0.0455. The van der Waals surface area contributed by atoms with Gasteiger partial charge in [-0.1, -0.05) is 25.5 Å². The minimum Gasteiger partial charge on any atom is -0.450 e. The van der Waals surface area contributed by atoms with Gasteiger partial charge < -0.3 is 15.2 Å². The Morgan fingerprint density at radius 3 is 2.94 bits per heavy atom. The van der Waals surface area contributed by atoms with Crippen molar-refractivity contribution in [1.29, 1.82) is 0 Å². The number of hydrogen-bond acceptors (Lipinski definition) is 3. The molecule has 1 amide bonds. The molecule has 0 aliphatic heterocycles.